The third-order valence-electron chi connectivity index (χ3n) is 4.54. The van der Waals surface area contributed by atoms with Crippen molar-refractivity contribution in [2.24, 2.45) is 0 Å². The maximum absolute atomic E-state index is 13.9. The van der Waals surface area contributed by atoms with Gasteiger partial charge in [-0.2, -0.15) is 0 Å². The van der Waals surface area contributed by atoms with E-state index in [9.17, 15) is 14.0 Å². The highest BCUT2D eigenvalue weighted by molar-refractivity contribution is 6.11. The lowest BCUT2D eigenvalue weighted by atomic mass is 10.1. The zero-order valence-electron chi connectivity index (χ0n) is 16.4. The summed E-state index contributed by atoms with van der Waals surface area (Å²) in [5.41, 5.74) is 2.16. The lowest BCUT2D eigenvalue weighted by Crippen LogP contribution is -2.14. The molecule has 0 fully saturated rings. The Hall–Kier alpha value is -4.33. The number of halogens is 1. The number of nitrogens with zero attached hydrogens (tertiary/aromatic N) is 2. The van der Waals surface area contributed by atoms with Gasteiger partial charge in [0.1, 0.15) is 17.1 Å². The number of fused-ring (bicyclic) bond motifs is 1. The highest BCUT2D eigenvalue weighted by Gasteiger charge is 2.15. The molecule has 0 unspecified atom stereocenters. The number of hydrogen-bond acceptors (Lipinski definition) is 5. The fraction of sp³-hybridized carbons (Fsp3) is 0.0435. The minimum atomic E-state index is -0.580. The van der Waals surface area contributed by atoms with Crippen molar-refractivity contribution in [1.82, 2.24) is 9.97 Å². The van der Waals surface area contributed by atoms with Crippen LogP contribution in [-0.4, -0.2) is 28.9 Å². The summed E-state index contributed by atoms with van der Waals surface area (Å²) in [7, 11) is 1.57. The summed E-state index contributed by atoms with van der Waals surface area (Å²) in [6.07, 6.45) is 2.87. The molecule has 7 nitrogen and oxygen atoms in total. The summed E-state index contributed by atoms with van der Waals surface area (Å²) in [5.74, 6) is -0.714. The number of rotatable bonds is 5. The molecule has 31 heavy (non-hydrogen) atoms. The predicted molar refractivity (Wildman–Crippen MR) is 115 cm³/mol. The van der Waals surface area contributed by atoms with Crippen molar-refractivity contribution in [3.05, 3.63) is 90.0 Å². The van der Waals surface area contributed by atoms with E-state index in [1.54, 1.807) is 55.6 Å². The molecular formula is C23H17FN4O3. The van der Waals surface area contributed by atoms with Crippen LogP contribution in [0.4, 0.5) is 15.8 Å². The van der Waals surface area contributed by atoms with Crippen LogP contribution in [0.15, 0.2) is 73.1 Å². The van der Waals surface area contributed by atoms with Gasteiger partial charge in [-0.15, -0.1) is 0 Å². The van der Waals surface area contributed by atoms with E-state index in [0.717, 1.165) is 6.07 Å². The average molecular weight is 416 g/mol. The van der Waals surface area contributed by atoms with Crippen molar-refractivity contribution >= 4 is 34.2 Å². The van der Waals surface area contributed by atoms with E-state index >= 15 is 0 Å². The van der Waals surface area contributed by atoms with Crippen molar-refractivity contribution in [2.45, 2.75) is 0 Å². The molecule has 0 aliphatic rings. The van der Waals surface area contributed by atoms with Gasteiger partial charge in [0.2, 0.25) is 0 Å². The number of amides is 2. The Morgan fingerprint density at radius 2 is 1.45 bits per heavy atom. The Morgan fingerprint density at radius 3 is 2.13 bits per heavy atom. The predicted octanol–water partition coefficient (Wildman–Crippen LogP) is 4.28. The Balaban J connectivity index is 1.47. The minimum Gasteiger partial charge on any atom is -0.497 e. The first-order chi connectivity index (χ1) is 15.0. The lowest BCUT2D eigenvalue weighted by Gasteiger charge is -2.09. The monoisotopic (exact) mass is 416 g/mol. The highest BCUT2D eigenvalue weighted by atomic mass is 19.1. The van der Waals surface area contributed by atoms with Crippen LogP contribution in [0.25, 0.3) is 11.0 Å². The van der Waals surface area contributed by atoms with Crippen molar-refractivity contribution < 1.29 is 18.7 Å². The van der Waals surface area contributed by atoms with E-state index in [-0.39, 0.29) is 11.5 Å². The minimum absolute atomic E-state index is 0.0735. The normalized spacial score (nSPS) is 10.5. The molecule has 154 valence electrons. The van der Waals surface area contributed by atoms with Crippen LogP contribution in [-0.2, 0) is 0 Å². The van der Waals surface area contributed by atoms with E-state index in [1.807, 2.05) is 0 Å². The zero-order chi connectivity index (χ0) is 21.8. The number of hydrogen-bond donors (Lipinski definition) is 2. The second-order valence-electron chi connectivity index (χ2n) is 6.59. The molecule has 3 aromatic carbocycles. The average Bonchev–Trinajstić information content (AvgIpc) is 2.79. The summed E-state index contributed by atoms with van der Waals surface area (Å²) in [6, 6.07) is 15.6. The summed E-state index contributed by atoms with van der Waals surface area (Å²) < 4.78 is 19.0. The van der Waals surface area contributed by atoms with E-state index in [4.69, 9.17) is 4.74 Å². The van der Waals surface area contributed by atoms with Crippen LogP contribution in [0, 0.1) is 5.82 Å². The Kier molecular flexibility index (Phi) is 5.53. The summed E-state index contributed by atoms with van der Waals surface area (Å²) >= 11 is 0. The molecule has 0 aliphatic heterocycles. The van der Waals surface area contributed by atoms with Crippen LogP contribution in [0.5, 0.6) is 5.75 Å². The highest BCUT2D eigenvalue weighted by Crippen LogP contribution is 2.20. The fourth-order valence-electron chi connectivity index (χ4n) is 2.99. The molecule has 0 saturated heterocycles. The van der Waals surface area contributed by atoms with E-state index in [0.29, 0.717) is 33.7 Å². The molecular weight excluding hydrogens is 399 g/mol. The lowest BCUT2D eigenvalue weighted by molar-refractivity contribution is 0.102. The second-order valence-corrected chi connectivity index (χ2v) is 6.59. The van der Waals surface area contributed by atoms with E-state index < -0.39 is 11.7 Å². The van der Waals surface area contributed by atoms with Gasteiger partial charge in [0.25, 0.3) is 11.8 Å². The molecule has 0 saturated carbocycles. The van der Waals surface area contributed by atoms with Gasteiger partial charge in [-0.05, 0) is 54.6 Å². The number of benzene rings is 3. The van der Waals surface area contributed by atoms with E-state index in [2.05, 4.69) is 20.6 Å². The maximum atomic E-state index is 13.9. The van der Waals surface area contributed by atoms with Gasteiger partial charge >= 0.3 is 0 Å². The third-order valence-corrected chi connectivity index (χ3v) is 4.54. The van der Waals surface area contributed by atoms with E-state index in [1.165, 1.54) is 18.5 Å². The SMILES string of the molecule is COc1ccc(NC(=O)c2ccc(NC(=O)c3cc(F)cc4nccnc34)cc2)cc1. The third kappa shape index (κ3) is 4.48. The standard InChI is InChI=1S/C23H17FN4O3/c1-31-18-8-6-17(7-9-18)27-22(29)14-2-4-16(5-3-14)28-23(30)19-12-15(24)13-20-21(19)26-11-10-25-20/h2-13H,1H3,(H,27,29)(H,28,30). The number of anilines is 2. The first kappa shape index (κ1) is 20.0. The molecule has 2 amide bonds. The summed E-state index contributed by atoms with van der Waals surface area (Å²) in [4.78, 5) is 33.2. The van der Waals surface area contributed by atoms with Gasteiger partial charge in [0.15, 0.2) is 0 Å². The number of carbonyl (C=O) groups is 2. The van der Waals surface area contributed by atoms with Crippen LogP contribution in [0.2, 0.25) is 0 Å². The number of aromatic nitrogens is 2. The number of nitrogens with one attached hydrogen (secondary N) is 2. The van der Waals surface area contributed by atoms with Gasteiger partial charge < -0.3 is 15.4 Å². The Labute approximate surface area is 176 Å². The smallest absolute Gasteiger partial charge is 0.258 e. The number of methoxy groups -OCH3 is 1. The molecule has 4 aromatic rings. The molecule has 0 atom stereocenters. The maximum Gasteiger partial charge on any atom is 0.258 e. The van der Waals surface area contributed by atoms with Crippen molar-refractivity contribution in [3.8, 4) is 5.75 Å². The molecule has 0 aliphatic carbocycles. The Morgan fingerprint density at radius 1 is 0.839 bits per heavy atom. The van der Waals surface area contributed by atoms with Crippen molar-refractivity contribution in [3.63, 3.8) is 0 Å². The molecule has 0 bridgehead atoms. The van der Waals surface area contributed by atoms with Crippen LogP contribution >= 0.6 is 0 Å². The van der Waals surface area contributed by atoms with Gasteiger partial charge in [0.05, 0.1) is 18.2 Å². The van der Waals surface area contributed by atoms with Gasteiger partial charge in [0, 0.05) is 35.4 Å². The van der Waals surface area contributed by atoms with Crippen LogP contribution in [0.1, 0.15) is 20.7 Å². The van der Waals surface area contributed by atoms with Crippen LogP contribution < -0.4 is 15.4 Å². The first-order valence-corrected chi connectivity index (χ1v) is 9.30. The van der Waals surface area contributed by atoms with Crippen LogP contribution in [0.3, 0.4) is 0 Å². The number of carbonyl (C=O) groups excluding carboxylic acids is 2. The van der Waals surface area contributed by atoms with Crippen molar-refractivity contribution in [1.29, 1.82) is 0 Å². The van der Waals surface area contributed by atoms with Crippen molar-refractivity contribution in [2.75, 3.05) is 17.7 Å². The molecule has 8 heteroatoms. The topological polar surface area (TPSA) is 93.2 Å². The quantitative estimate of drug-likeness (QED) is 0.507. The summed E-state index contributed by atoms with van der Waals surface area (Å²) in [6.45, 7) is 0. The summed E-state index contributed by atoms with van der Waals surface area (Å²) in [5, 5.41) is 5.47. The second kappa shape index (κ2) is 8.58. The fourth-order valence-corrected chi connectivity index (χ4v) is 2.99. The molecule has 0 spiro atoms. The Bertz CT molecular complexity index is 1260. The first-order valence-electron chi connectivity index (χ1n) is 9.30. The molecule has 2 N–H and O–H groups in total. The molecule has 4 rings (SSSR count). The van der Waals surface area contributed by atoms with Gasteiger partial charge in [-0.3, -0.25) is 19.6 Å². The van der Waals surface area contributed by atoms with Gasteiger partial charge in [-0.1, -0.05) is 0 Å². The molecule has 1 aromatic heterocycles. The van der Waals surface area contributed by atoms with Gasteiger partial charge in [-0.25, -0.2) is 4.39 Å². The zero-order valence-corrected chi connectivity index (χ0v) is 16.4. The molecule has 0 radical (unpaired) electrons. The largest absolute Gasteiger partial charge is 0.497 e. The number of ether oxygens (including phenoxy) is 1. The molecule has 1 heterocycles.